The average molecular weight is 288 g/mol. The number of anilines is 2. The summed E-state index contributed by atoms with van der Waals surface area (Å²) >= 11 is 0. The third kappa shape index (κ3) is 3.19. The highest BCUT2D eigenvalue weighted by atomic mass is 16.4. The van der Waals surface area contributed by atoms with Gasteiger partial charge in [0.25, 0.3) is 11.8 Å². The molecule has 0 aliphatic heterocycles. The lowest BCUT2D eigenvalue weighted by Gasteiger charge is -2.10. The van der Waals surface area contributed by atoms with Gasteiger partial charge in [-0.05, 0) is 24.3 Å². The van der Waals surface area contributed by atoms with Crippen molar-refractivity contribution >= 4 is 23.4 Å². The molecule has 7 heteroatoms. The van der Waals surface area contributed by atoms with E-state index in [-0.39, 0.29) is 17.5 Å². The molecule has 21 heavy (non-hydrogen) atoms. The highest BCUT2D eigenvalue weighted by Crippen LogP contribution is 2.22. The van der Waals surface area contributed by atoms with Crippen molar-refractivity contribution in [3.63, 3.8) is 0 Å². The molecule has 0 bridgehead atoms. The number of oxazole rings is 1. The van der Waals surface area contributed by atoms with E-state index in [1.54, 1.807) is 45.3 Å². The van der Waals surface area contributed by atoms with Gasteiger partial charge in [0.15, 0.2) is 11.6 Å². The summed E-state index contributed by atoms with van der Waals surface area (Å²) in [5.74, 6) is -0.235. The largest absolute Gasteiger partial charge is 0.424 e. The smallest absolute Gasteiger partial charge is 0.273 e. The Morgan fingerprint density at radius 2 is 1.86 bits per heavy atom. The first-order chi connectivity index (χ1) is 9.88. The van der Waals surface area contributed by atoms with Crippen molar-refractivity contribution in [2.24, 2.45) is 5.73 Å². The van der Waals surface area contributed by atoms with Gasteiger partial charge in [-0.3, -0.25) is 9.59 Å². The summed E-state index contributed by atoms with van der Waals surface area (Å²) in [7, 11) is 3.37. The highest BCUT2D eigenvalue weighted by molar-refractivity contribution is 5.96. The molecule has 1 aromatic heterocycles. The van der Waals surface area contributed by atoms with Crippen molar-refractivity contribution in [1.29, 1.82) is 0 Å². The van der Waals surface area contributed by atoms with E-state index in [1.165, 1.54) is 4.90 Å². The number of carbonyl (C=O) groups is 2. The molecule has 1 aromatic carbocycles. The van der Waals surface area contributed by atoms with Gasteiger partial charge in [-0.25, -0.2) is 4.98 Å². The quantitative estimate of drug-likeness (QED) is 0.888. The van der Waals surface area contributed by atoms with Crippen LogP contribution in [-0.2, 0) is 0 Å². The topological polar surface area (TPSA) is 101 Å². The zero-order chi connectivity index (χ0) is 15.6. The van der Waals surface area contributed by atoms with Gasteiger partial charge in [0.05, 0.1) is 0 Å². The first-order valence-corrected chi connectivity index (χ1v) is 6.24. The summed E-state index contributed by atoms with van der Waals surface area (Å²) < 4.78 is 5.30. The Morgan fingerprint density at radius 1 is 1.24 bits per heavy atom. The molecule has 3 N–H and O–H groups in total. The molecule has 2 rings (SSSR count). The van der Waals surface area contributed by atoms with Crippen LogP contribution < -0.4 is 11.1 Å². The second-order valence-electron chi connectivity index (χ2n) is 4.68. The van der Waals surface area contributed by atoms with Gasteiger partial charge in [-0.2, -0.15) is 0 Å². The van der Waals surface area contributed by atoms with E-state index in [4.69, 9.17) is 10.2 Å². The number of benzene rings is 1. The standard InChI is InChI=1S/C14H16N4O3/c1-8-16-11(12(15)19)13(21-8)17-10-6-4-9(5-7-10)14(20)18(2)3/h4-7,17H,1-3H3,(H2,15,19). The van der Waals surface area contributed by atoms with Crippen LogP contribution in [-0.4, -0.2) is 35.8 Å². The minimum absolute atomic E-state index is 0.0425. The molecule has 0 aliphatic carbocycles. The molecule has 110 valence electrons. The fourth-order valence-electron chi connectivity index (χ4n) is 1.76. The minimum Gasteiger partial charge on any atom is -0.424 e. The molecule has 0 radical (unpaired) electrons. The lowest BCUT2D eigenvalue weighted by molar-refractivity contribution is 0.0827. The van der Waals surface area contributed by atoms with Gasteiger partial charge < -0.3 is 20.4 Å². The molecule has 0 saturated heterocycles. The number of rotatable bonds is 4. The number of primary amides is 1. The van der Waals surface area contributed by atoms with Crippen molar-refractivity contribution in [2.45, 2.75) is 6.92 Å². The summed E-state index contributed by atoms with van der Waals surface area (Å²) in [5.41, 5.74) is 6.49. The van der Waals surface area contributed by atoms with Gasteiger partial charge in [-0.15, -0.1) is 0 Å². The first kappa shape index (κ1) is 14.6. The highest BCUT2D eigenvalue weighted by Gasteiger charge is 2.16. The number of hydrogen-bond acceptors (Lipinski definition) is 5. The maximum absolute atomic E-state index is 11.8. The van der Waals surface area contributed by atoms with E-state index in [2.05, 4.69) is 10.3 Å². The SMILES string of the molecule is Cc1nc(C(N)=O)c(Nc2ccc(C(=O)N(C)C)cc2)o1. The van der Waals surface area contributed by atoms with E-state index in [9.17, 15) is 9.59 Å². The molecule has 0 spiro atoms. The Labute approximate surface area is 121 Å². The average Bonchev–Trinajstić information content (AvgIpc) is 2.80. The van der Waals surface area contributed by atoms with E-state index in [1.807, 2.05) is 0 Å². The number of hydrogen-bond donors (Lipinski definition) is 2. The van der Waals surface area contributed by atoms with Crippen molar-refractivity contribution in [3.8, 4) is 0 Å². The van der Waals surface area contributed by atoms with Crippen molar-refractivity contribution in [1.82, 2.24) is 9.88 Å². The summed E-state index contributed by atoms with van der Waals surface area (Å²) in [4.78, 5) is 28.4. The molecule has 0 atom stereocenters. The molecule has 0 fully saturated rings. The lowest BCUT2D eigenvalue weighted by atomic mass is 10.2. The zero-order valence-corrected chi connectivity index (χ0v) is 12.0. The predicted octanol–water partition coefficient (Wildman–Crippen LogP) is 1.53. The molecule has 1 heterocycles. The van der Waals surface area contributed by atoms with Crippen LogP contribution in [0.25, 0.3) is 0 Å². The van der Waals surface area contributed by atoms with Crippen LogP contribution in [0.2, 0.25) is 0 Å². The number of aromatic nitrogens is 1. The van der Waals surface area contributed by atoms with Crippen LogP contribution in [0, 0.1) is 6.92 Å². The predicted molar refractivity (Wildman–Crippen MR) is 77.5 cm³/mol. The Hall–Kier alpha value is -2.83. The monoisotopic (exact) mass is 288 g/mol. The molecule has 0 saturated carbocycles. The van der Waals surface area contributed by atoms with E-state index >= 15 is 0 Å². The van der Waals surface area contributed by atoms with E-state index < -0.39 is 5.91 Å². The number of nitrogens with two attached hydrogens (primary N) is 1. The molecule has 2 aromatic rings. The number of aryl methyl sites for hydroxylation is 1. The van der Waals surface area contributed by atoms with Crippen LogP contribution in [0.3, 0.4) is 0 Å². The second-order valence-corrected chi connectivity index (χ2v) is 4.68. The Morgan fingerprint density at radius 3 is 2.38 bits per heavy atom. The number of nitrogens with zero attached hydrogens (tertiary/aromatic N) is 2. The number of carbonyl (C=O) groups excluding carboxylic acids is 2. The zero-order valence-electron chi connectivity index (χ0n) is 12.0. The van der Waals surface area contributed by atoms with Crippen molar-refractivity contribution in [2.75, 3.05) is 19.4 Å². The van der Waals surface area contributed by atoms with Gasteiger partial charge in [0, 0.05) is 32.3 Å². The Bertz CT molecular complexity index is 674. The van der Waals surface area contributed by atoms with Crippen LogP contribution >= 0.6 is 0 Å². The van der Waals surface area contributed by atoms with Gasteiger partial charge >= 0.3 is 0 Å². The van der Waals surface area contributed by atoms with Gasteiger partial charge in [0.2, 0.25) is 5.88 Å². The van der Waals surface area contributed by atoms with Crippen LogP contribution in [0.15, 0.2) is 28.7 Å². The number of amides is 2. The molecule has 2 amide bonds. The van der Waals surface area contributed by atoms with E-state index in [0.29, 0.717) is 17.1 Å². The van der Waals surface area contributed by atoms with Crippen molar-refractivity contribution in [3.05, 3.63) is 41.4 Å². The molecule has 0 aliphatic rings. The molecular weight excluding hydrogens is 272 g/mol. The van der Waals surface area contributed by atoms with Crippen LogP contribution in [0.1, 0.15) is 26.7 Å². The fraction of sp³-hybridized carbons (Fsp3) is 0.214. The van der Waals surface area contributed by atoms with Gasteiger partial charge in [-0.1, -0.05) is 0 Å². The second kappa shape index (κ2) is 5.66. The Kier molecular flexibility index (Phi) is 3.93. The van der Waals surface area contributed by atoms with Crippen molar-refractivity contribution < 1.29 is 14.0 Å². The lowest BCUT2D eigenvalue weighted by Crippen LogP contribution is -2.21. The molecule has 7 nitrogen and oxygen atoms in total. The first-order valence-electron chi connectivity index (χ1n) is 6.24. The van der Waals surface area contributed by atoms with Crippen LogP contribution in [0.4, 0.5) is 11.6 Å². The molecule has 0 unspecified atom stereocenters. The maximum atomic E-state index is 11.8. The summed E-state index contributed by atoms with van der Waals surface area (Å²) in [5, 5.41) is 2.92. The molecular formula is C14H16N4O3. The third-order valence-corrected chi connectivity index (χ3v) is 2.76. The Balaban J connectivity index is 2.21. The number of nitrogens with one attached hydrogen (secondary N) is 1. The maximum Gasteiger partial charge on any atom is 0.273 e. The summed E-state index contributed by atoms with van der Waals surface area (Å²) in [6.07, 6.45) is 0. The normalized spacial score (nSPS) is 10.2. The summed E-state index contributed by atoms with van der Waals surface area (Å²) in [6.45, 7) is 1.62. The fourth-order valence-corrected chi connectivity index (χ4v) is 1.76. The minimum atomic E-state index is -0.672. The third-order valence-electron chi connectivity index (χ3n) is 2.76. The van der Waals surface area contributed by atoms with Crippen LogP contribution in [0.5, 0.6) is 0 Å². The van der Waals surface area contributed by atoms with Gasteiger partial charge in [0.1, 0.15) is 0 Å². The summed E-state index contributed by atoms with van der Waals surface area (Å²) in [6, 6.07) is 6.77. The van der Waals surface area contributed by atoms with E-state index in [0.717, 1.165) is 0 Å².